The van der Waals surface area contributed by atoms with Gasteiger partial charge in [0.2, 0.25) is 0 Å². The Morgan fingerprint density at radius 2 is 2.00 bits per heavy atom. The fourth-order valence-corrected chi connectivity index (χ4v) is 0.829. The standard InChI is InChI=1S/C6H5N5/c7-6-5-4(9-3-11-6)1-8-2-10-5/h1-3H,(H2,7,9,11). The summed E-state index contributed by atoms with van der Waals surface area (Å²) in [5, 5.41) is 0. The van der Waals surface area contributed by atoms with Crippen LogP contribution in [0.15, 0.2) is 18.9 Å². The highest BCUT2D eigenvalue weighted by molar-refractivity contribution is 5.82. The first-order valence-electron chi connectivity index (χ1n) is 3.04. The van der Waals surface area contributed by atoms with Gasteiger partial charge in [-0.2, -0.15) is 0 Å². The van der Waals surface area contributed by atoms with Crippen molar-refractivity contribution in [2.75, 3.05) is 5.73 Å². The Morgan fingerprint density at radius 3 is 2.82 bits per heavy atom. The molecular weight excluding hydrogens is 142 g/mol. The Labute approximate surface area is 62.3 Å². The molecule has 11 heavy (non-hydrogen) atoms. The summed E-state index contributed by atoms with van der Waals surface area (Å²) >= 11 is 0. The molecule has 0 unspecified atom stereocenters. The Bertz CT molecular complexity index is 380. The molecule has 0 radical (unpaired) electrons. The molecule has 2 aromatic heterocycles. The monoisotopic (exact) mass is 147 g/mol. The number of nitrogens with zero attached hydrogens (tertiary/aromatic N) is 4. The second-order valence-corrected chi connectivity index (χ2v) is 2.02. The average molecular weight is 147 g/mol. The summed E-state index contributed by atoms with van der Waals surface area (Å²) < 4.78 is 0. The summed E-state index contributed by atoms with van der Waals surface area (Å²) in [5.74, 6) is 0.386. The van der Waals surface area contributed by atoms with Crippen LogP contribution in [-0.2, 0) is 0 Å². The summed E-state index contributed by atoms with van der Waals surface area (Å²) in [7, 11) is 0. The number of nitrogens with two attached hydrogens (primary N) is 1. The van der Waals surface area contributed by atoms with Gasteiger partial charge in [-0.3, -0.25) is 0 Å². The molecule has 0 bridgehead atoms. The number of anilines is 1. The molecule has 0 aliphatic heterocycles. The molecule has 0 amide bonds. The van der Waals surface area contributed by atoms with Crippen molar-refractivity contribution < 1.29 is 0 Å². The summed E-state index contributed by atoms with van der Waals surface area (Å²) in [6.45, 7) is 0. The second-order valence-electron chi connectivity index (χ2n) is 2.02. The van der Waals surface area contributed by atoms with Crippen LogP contribution in [0.25, 0.3) is 11.0 Å². The summed E-state index contributed by atoms with van der Waals surface area (Å²) in [5.41, 5.74) is 6.78. The minimum atomic E-state index is 0.386. The lowest BCUT2D eigenvalue weighted by atomic mass is 10.4. The number of nitrogen functional groups attached to an aromatic ring is 1. The van der Waals surface area contributed by atoms with E-state index in [2.05, 4.69) is 19.9 Å². The largest absolute Gasteiger partial charge is 0.382 e. The average Bonchev–Trinajstić information content (AvgIpc) is 2.06. The van der Waals surface area contributed by atoms with Crippen molar-refractivity contribution >= 4 is 16.9 Å². The molecule has 2 heterocycles. The van der Waals surface area contributed by atoms with E-state index in [0.717, 1.165) is 0 Å². The lowest BCUT2D eigenvalue weighted by Crippen LogP contribution is -1.95. The van der Waals surface area contributed by atoms with Gasteiger partial charge in [-0.25, -0.2) is 19.9 Å². The molecular formula is C6H5N5. The first-order valence-corrected chi connectivity index (χ1v) is 3.04. The fourth-order valence-electron chi connectivity index (χ4n) is 0.829. The van der Waals surface area contributed by atoms with Crippen LogP contribution in [0, 0.1) is 0 Å². The number of fused-ring (bicyclic) bond motifs is 1. The van der Waals surface area contributed by atoms with Crippen molar-refractivity contribution in [1.29, 1.82) is 0 Å². The van der Waals surface area contributed by atoms with Gasteiger partial charge in [-0.15, -0.1) is 0 Å². The van der Waals surface area contributed by atoms with Crippen molar-refractivity contribution in [2.45, 2.75) is 0 Å². The van der Waals surface area contributed by atoms with E-state index in [4.69, 9.17) is 5.73 Å². The zero-order chi connectivity index (χ0) is 7.68. The van der Waals surface area contributed by atoms with Crippen molar-refractivity contribution in [3.63, 3.8) is 0 Å². The highest BCUT2D eigenvalue weighted by atomic mass is 15.0. The molecule has 54 valence electrons. The van der Waals surface area contributed by atoms with Gasteiger partial charge in [-0.1, -0.05) is 0 Å². The van der Waals surface area contributed by atoms with Crippen LogP contribution in [0.1, 0.15) is 0 Å². The van der Waals surface area contributed by atoms with Gasteiger partial charge < -0.3 is 5.73 Å². The van der Waals surface area contributed by atoms with Gasteiger partial charge in [0.1, 0.15) is 23.7 Å². The van der Waals surface area contributed by atoms with Crippen molar-refractivity contribution in [3.05, 3.63) is 18.9 Å². The van der Waals surface area contributed by atoms with Crippen LogP contribution in [0.4, 0.5) is 5.82 Å². The van der Waals surface area contributed by atoms with E-state index in [1.807, 2.05) is 0 Å². The SMILES string of the molecule is Nc1ncnc2cncnc12. The van der Waals surface area contributed by atoms with Crippen LogP contribution in [0.3, 0.4) is 0 Å². The molecule has 5 heteroatoms. The van der Waals surface area contributed by atoms with Crippen LogP contribution in [-0.4, -0.2) is 19.9 Å². The van der Waals surface area contributed by atoms with E-state index < -0.39 is 0 Å². The highest BCUT2D eigenvalue weighted by Gasteiger charge is 1.98. The second kappa shape index (κ2) is 2.12. The smallest absolute Gasteiger partial charge is 0.153 e. The third kappa shape index (κ3) is 0.861. The van der Waals surface area contributed by atoms with Crippen molar-refractivity contribution in [3.8, 4) is 0 Å². The molecule has 0 atom stereocenters. The fraction of sp³-hybridized carbons (Fsp3) is 0. The third-order valence-corrected chi connectivity index (χ3v) is 1.33. The molecule has 0 fully saturated rings. The van der Waals surface area contributed by atoms with Gasteiger partial charge in [0.05, 0.1) is 6.20 Å². The predicted octanol–water partition coefficient (Wildman–Crippen LogP) is 0.00200. The van der Waals surface area contributed by atoms with Gasteiger partial charge >= 0.3 is 0 Å². The zero-order valence-electron chi connectivity index (χ0n) is 5.60. The maximum absolute atomic E-state index is 5.51. The Morgan fingerprint density at radius 1 is 1.09 bits per heavy atom. The van der Waals surface area contributed by atoms with Crippen LogP contribution >= 0.6 is 0 Å². The van der Waals surface area contributed by atoms with Gasteiger partial charge in [0, 0.05) is 0 Å². The third-order valence-electron chi connectivity index (χ3n) is 1.33. The Hall–Kier alpha value is -1.78. The molecule has 0 saturated carbocycles. The number of aromatic nitrogens is 4. The topological polar surface area (TPSA) is 77.6 Å². The van der Waals surface area contributed by atoms with Crippen LogP contribution < -0.4 is 5.73 Å². The minimum Gasteiger partial charge on any atom is -0.382 e. The predicted molar refractivity (Wildman–Crippen MR) is 39.5 cm³/mol. The molecule has 0 aliphatic carbocycles. The maximum atomic E-state index is 5.51. The summed E-state index contributed by atoms with van der Waals surface area (Å²) in [6.07, 6.45) is 4.41. The molecule has 0 spiro atoms. The lowest BCUT2D eigenvalue weighted by Gasteiger charge is -1.95. The Kier molecular flexibility index (Phi) is 1.15. The number of rotatable bonds is 0. The van der Waals surface area contributed by atoms with E-state index >= 15 is 0 Å². The van der Waals surface area contributed by atoms with E-state index in [0.29, 0.717) is 16.9 Å². The first kappa shape index (κ1) is 5.96. The summed E-state index contributed by atoms with van der Waals surface area (Å²) in [6, 6.07) is 0. The molecule has 2 rings (SSSR count). The molecule has 0 aliphatic rings. The lowest BCUT2D eigenvalue weighted by molar-refractivity contribution is 1.15. The maximum Gasteiger partial charge on any atom is 0.153 e. The van der Waals surface area contributed by atoms with Crippen LogP contribution in [0.5, 0.6) is 0 Å². The minimum absolute atomic E-state index is 0.386. The Balaban J connectivity index is 2.91. The highest BCUT2D eigenvalue weighted by Crippen LogP contribution is 2.09. The summed E-state index contributed by atoms with van der Waals surface area (Å²) in [4.78, 5) is 15.4. The number of hydrogen-bond donors (Lipinski definition) is 1. The number of hydrogen-bond acceptors (Lipinski definition) is 5. The molecule has 0 aromatic carbocycles. The molecule has 0 saturated heterocycles. The van der Waals surface area contributed by atoms with Gasteiger partial charge in [-0.05, 0) is 0 Å². The first-order chi connectivity index (χ1) is 5.38. The normalized spacial score (nSPS) is 10.2. The van der Waals surface area contributed by atoms with Crippen molar-refractivity contribution in [2.24, 2.45) is 0 Å². The molecule has 2 N–H and O–H groups in total. The van der Waals surface area contributed by atoms with E-state index in [-0.39, 0.29) is 0 Å². The quantitative estimate of drug-likeness (QED) is 0.567. The molecule has 2 aromatic rings. The van der Waals surface area contributed by atoms with Crippen LogP contribution in [0.2, 0.25) is 0 Å². The van der Waals surface area contributed by atoms with Crippen molar-refractivity contribution in [1.82, 2.24) is 19.9 Å². The zero-order valence-corrected chi connectivity index (χ0v) is 5.60. The van der Waals surface area contributed by atoms with E-state index in [9.17, 15) is 0 Å². The van der Waals surface area contributed by atoms with Gasteiger partial charge in [0.15, 0.2) is 5.82 Å². The van der Waals surface area contributed by atoms with Gasteiger partial charge in [0.25, 0.3) is 0 Å². The van der Waals surface area contributed by atoms with E-state index in [1.165, 1.54) is 12.7 Å². The van der Waals surface area contributed by atoms with E-state index in [1.54, 1.807) is 6.20 Å². The molecule has 5 nitrogen and oxygen atoms in total.